The highest BCUT2D eigenvalue weighted by molar-refractivity contribution is 5.55. The molecule has 0 saturated heterocycles. The first-order chi connectivity index (χ1) is 12.2. The summed E-state index contributed by atoms with van der Waals surface area (Å²) in [5, 5.41) is 17.6. The second-order valence-electron chi connectivity index (χ2n) is 6.69. The number of fused-ring (bicyclic) bond motifs is 1. The van der Waals surface area contributed by atoms with E-state index in [-0.39, 0.29) is 0 Å². The highest BCUT2D eigenvalue weighted by Gasteiger charge is 2.22. The zero-order valence-corrected chi connectivity index (χ0v) is 14.5. The fourth-order valence-electron chi connectivity index (χ4n) is 3.70. The fourth-order valence-corrected chi connectivity index (χ4v) is 3.70. The van der Waals surface area contributed by atoms with Crippen LogP contribution < -0.4 is 0 Å². The predicted octanol–water partition coefficient (Wildman–Crippen LogP) is 3.04. The normalized spacial score (nSPS) is 15.1. The molecular weight excluding hydrogens is 316 g/mol. The summed E-state index contributed by atoms with van der Waals surface area (Å²) in [6.45, 7) is 3.97. The molecule has 0 unspecified atom stereocenters. The van der Waals surface area contributed by atoms with E-state index in [4.69, 9.17) is 9.78 Å². The Bertz CT molecular complexity index is 958. The maximum absolute atomic E-state index is 9.15. The maximum Gasteiger partial charge on any atom is 0.226 e. The third-order valence-electron chi connectivity index (χ3n) is 5.12. The number of hydrogen-bond donors (Lipinski definition) is 0. The molecule has 0 bridgehead atoms. The third kappa shape index (κ3) is 2.78. The van der Waals surface area contributed by atoms with Gasteiger partial charge in [0.05, 0.1) is 6.20 Å². The summed E-state index contributed by atoms with van der Waals surface area (Å²) < 4.78 is 7.18. The van der Waals surface area contributed by atoms with Crippen molar-refractivity contribution >= 4 is 5.65 Å². The summed E-state index contributed by atoms with van der Waals surface area (Å²) in [5.41, 5.74) is 4.14. The molecule has 4 rings (SSSR count). The molecule has 128 valence electrons. The van der Waals surface area contributed by atoms with Gasteiger partial charge in [-0.2, -0.15) is 15.3 Å². The monoisotopic (exact) mass is 336 g/mol. The number of hydrogen-bond acceptors (Lipinski definition) is 6. The van der Waals surface area contributed by atoms with Crippen LogP contribution in [-0.4, -0.2) is 24.7 Å². The average Bonchev–Trinajstić information content (AvgIpc) is 3.34. The molecule has 7 nitrogen and oxygen atoms in total. The molecule has 3 aromatic heterocycles. The van der Waals surface area contributed by atoms with Crippen LogP contribution in [0.2, 0.25) is 0 Å². The van der Waals surface area contributed by atoms with Crippen molar-refractivity contribution in [3.05, 3.63) is 40.4 Å². The number of nitriles is 1. The van der Waals surface area contributed by atoms with Gasteiger partial charge in [-0.1, -0.05) is 18.0 Å². The topological polar surface area (TPSA) is 92.9 Å². The molecule has 3 aromatic rings. The Labute approximate surface area is 145 Å². The van der Waals surface area contributed by atoms with Crippen molar-refractivity contribution in [3.63, 3.8) is 0 Å². The fraction of sp³-hybridized carbons (Fsp3) is 0.500. The van der Waals surface area contributed by atoms with Crippen LogP contribution in [0.1, 0.15) is 65.8 Å². The van der Waals surface area contributed by atoms with Gasteiger partial charge in [0.1, 0.15) is 11.6 Å². The van der Waals surface area contributed by atoms with Crippen LogP contribution in [0.25, 0.3) is 5.65 Å². The molecule has 1 saturated carbocycles. The van der Waals surface area contributed by atoms with E-state index in [1.54, 1.807) is 10.7 Å². The first kappa shape index (κ1) is 15.8. The Kier molecular flexibility index (Phi) is 3.96. The Hall–Kier alpha value is -2.75. The van der Waals surface area contributed by atoms with E-state index in [1.165, 1.54) is 12.8 Å². The molecule has 25 heavy (non-hydrogen) atoms. The van der Waals surface area contributed by atoms with Crippen LogP contribution in [0.5, 0.6) is 0 Å². The van der Waals surface area contributed by atoms with Crippen LogP contribution in [-0.2, 0) is 12.8 Å². The van der Waals surface area contributed by atoms with Gasteiger partial charge in [0.15, 0.2) is 11.5 Å². The molecule has 0 radical (unpaired) electrons. The van der Waals surface area contributed by atoms with Gasteiger partial charge in [0.25, 0.3) is 0 Å². The number of aryl methyl sites for hydroxylation is 3. The zero-order chi connectivity index (χ0) is 17.4. The first-order valence-corrected chi connectivity index (χ1v) is 8.73. The Balaban J connectivity index is 1.56. The van der Waals surface area contributed by atoms with Crippen molar-refractivity contribution in [2.75, 3.05) is 0 Å². The molecule has 1 fully saturated rings. The van der Waals surface area contributed by atoms with E-state index < -0.39 is 0 Å². The minimum absolute atomic E-state index is 0.465. The van der Waals surface area contributed by atoms with E-state index in [0.29, 0.717) is 29.4 Å². The van der Waals surface area contributed by atoms with Gasteiger partial charge >= 0.3 is 0 Å². The molecule has 0 amide bonds. The van der Waals surface area contributed by atoms with E-state index in [1.807, 2.05) is 13.8 Å². The Morgan fingerprint density at radius 3 is 2.80 bits per heavy atom. The average molecular weight is 336 g/mol. The molecule has 0 aromatic carbocycles. The number of nitrogens with zero attached hydrogens (tertiary/aromatic N) is 6. The summed E-state index contributed by atoms with van der Waals surface area (Å²) in [5.74, 6) is 2.01. The lowest BCUT2D eigenvalue weighted by Gasteiger charge is -2.10. The molecule has 1 aliphatic carbocycles. The SMILES string of the molecule is Cc1nc2c(C#N)cnn2c(C)c1CCc1nc(C2CCCC2)no1. The first-order valence-electron chi connectivity index (χ1n) is 8.73. The van der Waals surface area contributed by atoms with Gasteiger partial charge in [-0.05, 0) is 38.7 Å². The van der Waals surface area contributed by atoms with Crippen LogP contribution in [0.4, 0.5) is 0 Å². The van der Waals surface area contributed by atoms with Crippen molar-refractivity contribution in [1.29, 1.82) is 5.26 Å². The van der Waals surface area contributed by atoms with Crippen molar-refractivity contribution in [1.82, 2.24) is 24.7 Å². The summed E-state index contributed by atoms with van der Waals surface area (Å²) in [6.07, 6.45) is 7.84. The van der Waals surface area contributed by atoms with E-state index in [2.05, 4.69) is 26.3 Å². The molecule has 7 heteroatoms. The van der Waals surface area contributed by atoms with E-state index in [0.717, 1.165) is 42.0 Å². The Morgan fingerprint density at radius 1 is 1.24 bits per heavy atom. The van der Waals surface area contributed by atoms with Gasteiger partial charge in [-0.25, -0.2) is 9.50 Å². The van der Waals surface area contributed by atoms with Crippen LogP contribution >= 0.6 is 0 Å². The maximum atomic E-state index is 9.15. The zero-order valence-electron chi connectivity index (χ0n) is 14.5. The minimum atomic E-state index is 0.465. The van der Waals surface area contributed by atoms with Crippen molar-refractivity contribution < 1.29 is 4.52 Å². The van der Waals surface area contributed by atoms with Crippen LogP contribution in [0.3, 0.4) is 0 Å². The standard InChI is InChI=1S/C18H20N6O/c1-11-15(12(2)24-18(21-11)14(9-19)10-20-24)7-8-16-22-17(23-25-16)13-5-3-4-6-13/h10,13H,3-8H2,1-2H3. The van der Waals surface area contributed by atoms with Crippen molar-refractivity contribution in [3.8, 4) is 6.07 Å². The lowest BCUT2D eigenvalue weighted by atomic mass is 10.1. The summed E-state index contributed by atoms with van der Waals surface area (Å²) in [6, 6.07) is 2.13. The van der Waals surface area contributed by atoms with Gasteiger partial charge in [0.2, 0.25) is 5.89 Å². The van der Waals surface area contributed by atoms with Crippen molar-refractivity contribution in [2.45, 2.75) is 58.3 Å². The van der Waals surface area contributed by atoms with Crippen LogP contribution in [0.15, 0.2) is 10.7 Å². The Morgan fingerprint density at radius 2 is 2.04 bits per heavy atom. The summed E-state index contributed by atoms with van der Waals surface area (Å²) >= 11 is 0. The van der Waals surface area contributed by atoms with E-state index >= 15 is 0 Å². The number of aromatic nitrogens is 5. The highest BCUT2D eigenvalue weighted by Crippen LogP contribution is 2.32. The van der Waals surface area contributed by atoms with Crippen LogP contribution in [0, 0.1) is 25.2 Å². The quantitative estimate of drug-likeness (QED) is 0.727. The second kappa shape index (κ2) is 6.28. The third-order valence-corrected chi connectivity index (χ3v) is 5.12. The lowest BCUT2D eigenvalue weighted by molar-refractivity contribution is 0.369. The van der Waals surface area contributed by atoms with Gasteiger partial charge in [0, 0.05) is 23.7 Å². The molecular formula is C18H20N6O. The molecule has 0 N–H and O–H groups in total. The van der Waals surface area contributed by atoms with Gasteiger partial charge in [-0.15, -0.1) is 0 Å². The lowest BCUT2D eigenvalue weighted by Crippen LogP contribution is -2.07. The summed E-state index contributed by atoms with van der Waals surface area (Å²) in [4.78, 5) is 9.14. The smallest absolute Gasteiger partial charge is 0.226 e. The molecule has 0 atom stereocenters. The molecule has 0 aliphatic heterocycles. The predicted molar refractivity (Wildman–Crippen MR) is 90.1 cm³/mol. The van der Waals surface area contributed by atoms with E-state index in [9.17, 15) is 0 Å². The minimum Gasteiger partial charge on any atom is -0.339 e. The number of rotatable bonds is 4. The molecule has 0 spiro atoms. The highest BCUT2D eigenvalue weighted by atomic mass is 16.5. The largest absolute Gasteiger partial charge is 0.339 e. The second-order valence-corrected chi connectivity index (χ2v) is 6.69. The molecule has 3 heterocycles. The van der Waals surface area contributed by atoms with Gasteiger partial charge < -0.3 is 4.52 Å². The van der Waals surface area contributed by atoms with Crippen molar-refractivity contribution in [2.24, 2.45) is 0 Å². The summed E-state index contributed by atoms with van der Waals surface area (Å²) in [7, 11) is 0. The molecule has 1 aliphatic rings. The van der Waals surface area contributed by atoms with Gasteiger partial charge in [-0.3, -0.25) is 0 Å².